The minimum atomic E-state index is -0.973. The molecule has 0 aliphatic rings. The molecule has 0 radical (unpaired) electrons. The molecule has 1 aromatic carbocycles. The summed E-state index contributed by atoms with van der Waals surface area (Å²) in [5, 5.41) is 14.5. The van der Waals surface area contributed by atoms with E-state index >= 15 is 0 Å². The van der Waals surface area contributed by atoms with E-state index in [1.807, 2.05) is 19.1 Å². The maximum absolute atomic E-state index is 11.9. The summed E-state index contributed by atoms with van der Waals surface area (Å²) in [5.41, 5.74) is 0.676. The maximum Gasteiger partial charge on any atom is 0.319 e. The number of aryl methyl sites for hydroxylation is 1. The van der Waals surface area contributed by atoms with E-state index in [-0.39, 0.29) is 6.54 Å². The van der Waals surface area contributed by atoms with Crippen LogP contribution in [0.2, 0.25) is 0 Å². The molecule has 2 amide bonds. The number of benzene rings is 1. The van der Waals surface area contributed by atoms with Crippen LogP contribution in [0.5, 0.6) is 0 Å². The third-order valence-electron chi connectivity index (χ3n) is 3.36. The Morgan fingerprint density at radius 2 is 1.81 bits per heavy atom. The highest BCUT2D eigenvalue weighted by Gasteiger charge is 2.31. The number of carbonyl (C=O) groups is 2. The fourth-order valence-corrected chi connectivity index (χ4v) is 3.22. The Bertz CT molecular complexity index is 540. The predicted octanol–water partition coefficient (Wildman–Crippen LogP) is 4.14. The number of amides is 2. The van der Waals surface area contributed by atoms with Gasteiger partial charge in [0.1, 0.15) is 0 Å². The molecule has 116 valence electrons. The zero-order valence-corrected chi connectivity index (χ0v) is 15.3. The van der Waals surface area contributed by atoms with Gasteiger partial charge in [0.2, 0.25) is 0 Å². The molecule has 0 saturated carbocycles. The second kappa shape index (κ2) is 7.26. The van der Waals surface area contributed by atoms with Crippen molar-refractivity contribution in [3.05, 3.63) is 26.6 Å². The summed E-state index contributed by atoms with van der Waals surface area (Å²) in [7, 11) is 0. The number of nitrogens with one attached hydrogen (secondary N) is 2. The first-order chi connectivity index (χ1) is 9.69. The molecule has 3 N–H and O–H groups in total. The Balaban J connectivity index is 2.73. The number of carboxylic acid groups (broad SMARTS) is 1. The molecule has 1 aromatic rings. The van der Waals surface area contributed by atoms with Crippen molar-refractivity contribution in [1.29, 1.82) is 0 Å². The van der Waals surface area contributed by atoms with E-state index in [1.54, 1.807) is 13.8 Å². The van der Waals surface area contributed by atoms with Crippen LogP contribution < -0.4 is 10.6 Å². The molecule has 7 heteroatoms. The number of aliphatic carboxylic acids is 1. The summed E-state index contributed by atoms with van der Waals surface area (Å²) in [4.78, 5) is 23.1. The van der Waals surface area contributed by atoms with Crippen LogP contribution in [0, 0.1) is 12.3 Å². The van der Waals surface area contributed by atoms with Gasteiger partial charge in [-0.25, -0.2) is 4.79 Å². The molecule has 0 aliphatic heterocycles. The summed E-state index contributed by atoms with van der Waals surface area (Å²) < 4.78 is 1.50. The number of rotatable bonds is 5. The molecule has 1 atom stereocenters. The number of hydrogen-bond donors (Lipinski definition) is 3. The largest absolute Gasteiger partial charge is 0.481 e. The van der Waals surface area contributed by atoms with Gasteiger partial charge in [-0.05, 0) is 69.8 Å². The van der Waals surface area contributed by atoms with Gasteiger partial charge in [0.15, 0.2) is 0 Å². The summed E-state index contributed by atoms with van der Waals surface area (Å²) >= 11 is 6.77. The van der Waals surface area contributed by atoms with Crippen LogP contribution in [-0.2, 0) is 4.79 Å². The third kappa shape index (κ3) is 4.71. The van der Waals surface area contributed by atoms with Gasteiger partial charge in [0.05, 0.1) is 11.1 Å². The van der Waals surface area contributed by atoms with Crippen molar-refractivity contribution in [2.45, 2.75) is 27.2 Å². The Kier molecular flexibility index (Phi) is 6.22. The molecule has 0 heterocycles. The van der Waals surface area contributed by atoms with Crippen LogP contribution >= 0.6 is 31.9 Å². The lowest BCUT2D eigenvalue weighted by atomic mass is 9.88. The van der Waals surface area contributed by atoms with Gasteiger partial charge in [-0.2, -0.15) is 0 Å². The second-order valence-corrected chi connectivity index (χ2v) is 6.84. The van der Waals surface area contributed by atoms with Crippen LogP contribution in [0.15, 0.2) is 21.1 Å². The van der Waals surface area contributed by atoms with Crippen molar-refractivity contribution in [2.75, 3.05) is 11.9 Å². The van der Waals surface area contributed by atoms with E-state index in [1.165, 1.54) is 0 Å². The maximum atomic E-state index is 11.9. The highest BCUT2D eigenvalue weighted by atomic mass is 79.9. The van der Waals surface area contributed by atoms with Crippen LogP contribution in [0.4, 0.5) is 10.5 Å². The van der Waals surface area contributed by atoms with Crippen molar-refractivity contribution in [1.82, 2.24) is 5.32 Å². The number of carboxylic acids is 1. The van der Waals surface area contributed by atoms with Crippen molar-refractivity contribution >= 4 is 49.5 Å². The van der Waals surface area contributed by atoms with E-state index in [4.69, 9.17) is 5.11 Å². The SMILES string of the molecule is CCC(C)(CNC(=O)Nc1c(Br)cc(C)cc1Br)C(=O)O. The van der Waals surface area contributed by atoms with Crippen LogP contribution in [0.1, 0.15) is 25.8 Å². The molecule has 0 bridgehead atoms. The molecule has 0 spiro atoms. The van der Waals surface area contributed by atoms with Crippen molar-refractivity contribution in [3.63, 3.8) is 0 Å². The Morgan fingerprint density at radius 3 is 2.24 bits per heavy atom. The summed E-state index contributed by atoms with van der Waals surface area (Å²) in [6.07, 6.45) is 0.431. The quantitative estimate of drug-likeness (QED) is 0.668. The van der Waals surface area contributed by atoms with Crippen LogP contribution in [0.25, 0.3) is 0 Å². The topological polar surface area (TPSA) is 78.4 Å². The Hall–Kier alpha value is -1.08. The van der Waals surface area contributed by atoms with E-state index in [9.17, 15) is 9.59 Å². The average Bonchev–Trinajstić information content (AvgIpc) is 2.39. The molecule has 1 rings (SSSR count). The van der Waals surface area contributed by atoms with Gasteiger partial charge in [0, 0.05) is 15.5 Å². The lowest BCUT2D eigenvalue weighted by Crippen LogP contribution is -2.42. The minimum absolute atomic E-state index is 0.0613. The first-order valence-electron chi connectivity index (χ1n) is 6.43. The van der Waals surface area contributed by atoms with E-state index < -0.39 is 17.4 Å². The van der Waals surface area contributed by atoms with Crippen molar-refractivity contribution in [3.8, 4) is 0 Å². The Morgan fingerprint density at radius 1 is 1.29 bits per heavy atom. The van der Waals surface area contributed by atoms with Crippen LogP contribution in [-0.4, -0.2) is 23.7 Å². The summed E-state index contributed by atoms with van der Waals surface area (Å²) in [6.45, 7) is 5.39. The van der Waals surface area contributed by atoms with Gasteiger partial charge in [-0.1, -0.05) is 6.92 Å². The number of urea groups is 1. The number of carbonyl (C=O) groups excluding carboxylic acids is 1. The fraction of sp³-hybridized carbons (Fsp3) is 0.429. The summed E-state index contributed by atoms with van der Waals surface area (Å²) in [6, 6.07) is 3.32. The number of halogens is 2. The zero-order chi connectivity index (χ0) is 16.2. The molecule has 21 heavy (non-hydrogen) atoms. The second-order valence-electron chi connectivity index (χ2n) is 5.13. The molecule has 0 fully saturated rings. The normalized spacial score (nSPS) is 13.4. The lowest BCUT2D eigenvalue weighted by molar-refractivity contribution is -0.147. The van der Waals surface area contributed by atoms with Gasteiger partial charge >= 0.3 is 12.0 Å². The first kappa shape index (κ1) is 18.0. The third-order valence-corrected chi connectivity index (χ3v) is 4.61. The first-order valence-corrected chi connectivity index (χ1v) is 8.02. The molecule has 0 aliphatic carbocycles. The Labute approximate surface area is 140 Å². The van der Waals surface area contributed by atoms with Gasteiger partial charge in [0.25, 0.3) is 0 Å². The molecule has 1 unspecified atom stereocenters. The van der Waals surface area contributed by atoms with Crippen LogP contribution in [0.3, 0.4) is 0 Å². The average molecular weight is 422 g/mol. The smallest absolute Gasteiger partial charge is 0.319 e. The highest BCUT2D eigenvalue weighted by molar-refractivity contribution is 9.11. The van der Waals surface area contributed by atoms with E-state index in [2.05, 4.69) is 42.5 Å². The molecular weight excluding hydrogens is 404 g/mol. The highest BCUT2D eigenvalue weighted by Crippen LogP contribution is 2.32. The monoisotopic (exact) mass is 420 g/mol. The number of hydrogen-bond acceptors (Lipinski definition) is 2. The van der Waals surface area contributed by atoms with Gasteiger partial charge in [-0.3, -0.25) is 4.79 Å². The van der Waals surface area contributed by atoms with Crippen molar-refractivity contribution in [2.24, 2.45) is 5.41 Å². The fourth-order valence-electron chi connectivity index (χ4n) is 1.60. The molecular formula is C14H18Br2N2O3. The molecule has 5 nitrogen and oxygen atoms in total. The summed E-state index contributed by atoms with van der Waals surface area (Å²) in [5.74, 6) is -0.928. The molecule has 0 aromatic heterocycles. The van der Waals surface area contributed by atoms with E-state index in [0.717, 1.165) is 14.5 Å². The molecule has 0 saturated heterocycles. The minimum Gasteiger partial charge on any atom is -0.481 e. The zero-order valence-electron chi connectivity index (χ0n) is 12.1. The van der Waals surface area contributed by atoms with Gasteiger partial charge in [-0.15, -0.1) is 0 Å². The predicted molar refractivity (Wildman–Crippen MR) is 89.6 cm³/mol. The van der Waals surface area contributed by atoms with Crippen molar-refractivity contribution < 1.29 is 14.7 Å². The standard InChI is InChI=1S/C14H18Br2N2O3/c1-4-14(3,12(19)20)7-17-13(21)18-11-9(15)5-8(2)6-10(11)16/h5-6H,4,7H2,1-3H3,(H,19,20)(H2,17,18,21). The number of anilines is 1. The lowest BCUT2D eigenvalue weighted by Gasteiger charge is -2.23. The van der Waals surface area contributed by atoms with E-state index in [0.29, 0.717) is 12.1 Å². The van der Waals surface area contributed by atoms with Gasteiger partial charge < -0.3 is 15.7 Å².